The zero-order valence-corrected chi connectivity index (χ0v) is 14.9. The van der Waals surface area contributed by atoms with Gasteiger partial charge in [-0.3, -0.25) is 15.1 Å². The maximum atomic E-state index is 12.8. The van der Waals surface area contributed by atoms with E-state index in [2.05, 4.69) is 27.9 Å². The molecule has 1 aromatic rings. The molecule has 3 aliphatic heterocycles. The summed E-state index contributed by atoms with van der Waals surface area (Å²) in [5, 5.41) is 0. The van der Waals surface area contributed by atoms with Crippen molar-refractivity contribution in [3.8, 4) is 11.5 Å². The lowest BCUT2D eigenvalue weighted by molar-refractivity contribution is -0.135. The van der Waals surface area contributed by atoms with Gasteiger partial charge in [0.2, 0.25) is 12.7 Å². The van der Waals surface area contributed by atoms with Gasteiger partial charge in [-0.2, -0.15) is 0 Å². The van der Waals surface area contributed by atoms with Crippen LogP contribution < -0.4 is 20.3 Å². The van der Waals surface area contributed by atoms with Crippen LogP contribution in [0.5, 0.6) is 11.5 Å². The van der Waals surface area contributed by atoms with E-state index in [0.717, 1.165) is 56.6 Å². The van der Waals surface area contributed by atoms with Gasteiger partial charge < -0.3 is 14.4 Å². The van der Waals surface area contributed by atoms with Gasteiger partial charge >= 0.3 is 0 Å². The molecule has 0 spiro atoms. The van der Waals surface area contributed by atoms with E-state index in [1.54, 1.807) is 0 Å². The molecule has 1 amide bonds. The van der Waals surface area contributed by atoms with Crippen molar-refractivity contribution < 1.29 is 14.3 Å². The number of nitrogens with zero attached hydrogens (tertiary/aromatic N) is 2. The Kier molecular flexibility index (Phi) is 4.23. The molecule has 2 saturated heterocycles. The number of carbonyl (C=O) groups excluding carboxylic acids is 1. The van der Waals surface area contributed by atoms with E-state index in [1.807, 2.05) is 11.0 Å². The van der Waals surface area contributed by atoms with Crippen molar-refractivity contribution in [2.45, 2.75) is 37.9 Å². The van der Waals surface area contributed by atoms with Gasteiger partial charge in [-0.05, 0) is 42.9 Å². The third kappa shape index (κ3) is 3.26. The molecule has 4 aliphatic rings. The second kappa shape index (κ2) is 6.72. The molecule has 2 atom stereocenters. The normalized spacial score (nSPS) is 28.5. The van der Waals surface area contributed by atoms with Gasteiger partial charge in [-0.15, -0.1) is 0 Å². The number of piperazine rings is 1. The van der Waals surface area contributed by atoms with Crippen LogP contribution in [0, 0.1) is 5.92 Å². The Balaban J connectivity index is 1.12. The Morgan fingerprint density at radius 3 is 2.69 bits per heavy atom. The van der Waals surface area contributed by atoms with Crippen LogP contribution in [0.4, 0.5) is 0 Å². The Labute approximate surface area is 153 Å². The largest absolute Gasteiger partial charge is 0.454 e. The summed E-state index contributed by atoms with van der Waals surface area (Å²) in [5.74, 6) is 2.69. The summed E-state index contributed by atoms with van der Waals surface area (Å²) >= 11 is 0. The van der Waals surface area contributed by atoms with Crippen LogP contribution in [0.3, 0.4) is 0 Å². The van der Waals surface area contributed by atoms with Crippen molar-refractivity contribution in [1.29, 1.82) is 0 Å². The number of amides is 1. The highest BCUT2D eigenvalue weighted by atomic mass is 16.7. The molecule has 3 fully saturated rings. The smallest absolute Gasteiger partial charge is 0.241 e. The number of hydrazine groups is 1. The lowest BCUT2D eigenvalue weighted by Crippen LogP contribution is -2.53. The molecule has 0 bridgehead atoms. The van der Waals surface area contributed by atoms with E-state index in [0.29, 0.717) is 12.8 Å². The van der Waals surface area contributed by atoms with E-state index in [-0.39, 0.29) is 11.9 Å². The number of nitrogens with one attached hydrogen (secondary N) is 2. The second-order valence-electron chi connectivity index (χ2n) is 7.81. The van der Waals surface area contributed by atoms with Crippen molar-refractivity contribution in [3.63, 3.8) is 0 Å². The first-order valence-electron chi connectivity index (χ1n) is 9.67. The van der Waals surface area contributed by atoms with Gasteiger partial charge in [0, 0.05) is 38.8 Å². The molecule has 1 aliphatic carbocycles. The van der Waals surface area contributed by atoms with E-state index in [4.69, 9.17) is 9.47 Å². The summed E-state index contributed by atoms with van der Waals surface area (Å²) in [6, 6.07) is 6.56. The predicted octanol–water partition coefficient (Wildman–Crippen LogP) is 0.705. The number of benzene rings is 1. The highest BCUT2D eigenvalue weighted by Crippen LogP contribution is 2.36. The average molecular weight is 358 g/mol. The van der Waals surface area contributed by atoms with Gasteiger partial charge in [-0.25, -0.2) is 5.43 Å². The highest BCUT2D eigenvalue weighted by molar-refractivity contribution is 5.82. The first-order chi connectivity index (χ1) is 12.8. The summed E-state index contributed by atoms with van der Waals surface area (Å²) in [7, 11) is 0. The van der Waals surface area contributed by atoms with Crippen LogP contribution >= 0.6 is 0 Å². The van der Waals surface area contributed by atoms with Gasteiger partial charge in [0.05, 0.1) is 0 Å². The number of hydrogen-bond acceptors (Lipinski definition) is 6. The number of ether oxygens (including phenoxy) is 2. The monoisotopic (exact) mass is 358 g/mol. The van der Waals surface area contributed by atoms with Crippen LogP contribution in [-0.2, 0) is 11.3 Å². The number of hydrogen-bond donors (Lipinski definition) is 2. The van der Waals surface area contributed by atoms with Gasteiger partial charge in [0.15, 0.2) is 11.5 Å². The maximum absolute atomic E-state index is 12.8. The summed E-state index contributed by atoms with van der Waals surface area (Å²) in [6.07, 6.45) is 3.54. The maximum Gasteiger partial charge on any atom is 0.241 e. The summed E-state index contributed by atoms with van der Waals surface area (Å²) in [6.45, 7) is 4.61. The first kappa shape index (κ1) is 16.4. The zero-order valence-electron chi connectivity index (χ0n) is 14.9. The average Bonchev–Trinajstić information content (AvgIpc) is 3.21. The standard InChI is InChI=1S/C19H26N4O3/c24-19(16-10-15(20-21-16)14-2-3-14)23-7-5-22(6-8-23)11-13-1-4-17-18(9-13)26-12-25-17/h1,4,9,14-16,20-21H,2-3,5-8,10-12H2. The molecule has 26 heavy (non-hydrogen) atoms. The summed E-state index contributed by atoms with van der Waals surface area (Å²) in [5.41, 5.74) is 7.76. The molecule has 0 aromatic heterocycles. The van der Waals surface area contributed by atoms with Gasteiger partial charge in [0.25, 0.3) is 0 Å². The molecule has 2 unspecified atom stereocenters. The zero-order chi connectivity index (χ0) is 17.5. The van der Waals surface area contributed by atoms with Crippen LogP contribution in [0.25, 0.3) is 0 Å². The Hall–Kier alpha value is -1.83. The minimum Gasteiger partial charge on any atom is -0.454 e. The Bertz CT molecular complexity index is 685. The van der Waals surface area contributed by atoms with E-state index < -0.39 is 0 Å². The molecule has 140 valence electrons. The van der Waals surface area contributed by atoms with Crippen LogP contribution in [0.15, 0.2) is 18.2 Å². The summed E-state index contributed by atoms with van der Waals surface area (Å²) < 4.78 is 10.8. The second-order valence-corrected chi connectivity index (χ2v) is 7.81. The quantitative estimate of drug-likeness (QED) is 0.826. The lowest BCUT2D eigenvalue weighted by Gasteiger charge is -2.35. The predicted molar refractivity (Wildman–Crippen MR) is 95.6 cm³/mol. The molecule has 7 nitrogen and oxygen atoms in total. The third-order valence-corrected chi connectivity index (χ3v) is 5.95. The minimum absolute atomic E-state index is 0.0546. The minimum atomic E-state index is -0.0546. The number of rotatable bonds is 4. The molecule has 2 N–H and O–H groups in total. The molecule has 1 aromatic carbocycles. The van der Waals surface area contributed by atoms with E-state index >= 15 is 0 Å². The fourth-order valence-corrected chi connectivity index (χ4v) is 4.20. The highest BCUT2D eigenvalue weighted by Gasteiger charge is 2.40. The van der Waals surface area contributed by atoms with Crippen molar-refractivity contribution in [3.05, 3.63) is 23.8 Å². The van der Waals surface area contributed by atoms with Gasteiger partial charge in [0.1, 0.15) is 6.04 Å². The van der Waals surface area contributed by atoms with E-state index in [1.165, 1.54) is 18.4 Å². The fraction of sp³-hybridized carbons (Fsp3) is 0.632. The molecule has 5 rings (SSSR count). The molecular formula is C19H26N4O3. The van der Waals surface area contributed by atoms with Crippen LogP contribution in [0.2, 0.25) is 0 Å². The molecule has 3 heterocycles. The third-order valence-electron chi connectivity index (χ3n) is 5.95. The fourth-order valence-electron chi connectivity index (χ4n) is 4.20. The SMILES string of the molecule is O=C(C1CC(C2CC2)NN1)N1CCN(Cc2ccc3c(c2)OCO3)CC1. The number of fused-ring (bicyclic) bond motifs is 1. The number of carbonyl (C=O) groups is 1. The van der Waals surface area contributed by atoms with Gasteiger partial charge in [-0.1, -0.05) is 6.07 Å². The molecule has 0 radical (unpaired) electrons. The molecule has 1 saturated carbocycles. The molecular weight excluding hydrogens is 332 g/mol. The lowest BCUT2D eigenvalue weighted by atomic mass is 10.1. The van der Waals surface area contributed by atoms with Crippen molar-refractivity contribution in [2.24, 2.45) is 5.92 Å². The van der Waals surface area contributed by atoms with Crippen LogP contribution in [0.1, 0.15) is 24.8 Å². The van der Waals surface area contributed by atoms with Crippen LogP contribution in [-0.4, -0.2) is 60.8 Å². The topological polar surface area (TPSA) is 66.1 Å². The Morgan fingerprint density at radius 1 is 1.08 bits per heavy atom. The van der Waals surface area contributed by atoms with E-state index in [9.17, 15) is 4.79 Å². The first-order valence-corrected chi connectivity index (χ1v) is 9.67. The van der Waals surface area contributed by atoms with Crippen molar-refractivity contribution in [1.82, 2.24) is 20.7 Å². The van der Waals surface area contributed by atoms with Crippen molar-refractivity contribution in [2.75, 3.05) is 33.0 Å². The molecule has 7 heteroatoms. The van der Waals surface area contributed by atoms with Crippen molar-refractivity contribution >= 4 is 5.91 Å². The summed E-state index contributed by atoms with van der Waals surface area (Å²) in [4.78, 5) is 17.2. The Morgan fingerprint density at radius 2 is 1.88 bits per heavy atom.